The number of benzene rings is 1. The van der Waals surface area contributed by atoms with Crippen molar-refractivity contribution in [2.75, 3.05) is 13.1 Å². The number of carbonyl (C=O) groups is 2. The first kappa shape index (κ1) is 24.6. The second-order valence-electron chi connectivity index (χ2n) is 9.44. The molecule has 5 heterocycles. The number of pyridine rings is 1. The van der Waals surface area contributed by atoms with E-state index in [0.717, 1.165) is 28.5 Å². The third-order valence-electron chi connectivity index (χ3n) is 7.20. The number of rotatable bonds is 4. The summed E-state index contributed by atoms with van der Waals surface area (Å²) in [5, 5.41) is 9.65. The Morgan fingerprint density at radius 3 is 2.61 bits per heavy atom. The number of nitrogens with zero attached hydrogens (tertiary/aromatic N) is 8. The van der Waals surface area contributed by atoms with Gasteiger partial charge in [0, 0.05) is 30.6 Å². The van der Waals surface area contributed by atoms with Gasteiger partial charge in [0.1, 0.15) is 17.8 Å². The van der Waals surface area contributed by atoms with Gasteiger partial charge in [-0.2, -0.15) is 10.2 Å². The van der Waals surface area contributed by atoms with Crippen LogP contribution >= 0.6 is 23.2 Å². The fourth-order valence-electron chi connectivity index (χ4n) is 5.10. The number of fused-ring (bicyclic) bond motifs is 3. The molecule has 3 aromatic heterocycles. The molecule has 4 aromatic rings. The van der Waals surface area contributed by atoms with Crippen molar-refractivity contribution < 1.29 is 9.59 Å². The molecule has 0 radical (unpaired) electrons. The lowest BCUT2D eigenvalue weighted by molar-refractivity contribution is 0.0612. The second kappa shape index (κ2) is 9.52. The highest BCUT2D eigenvalue weighted by Crippen LogP contribution is 2.31. The number of hydrogen-bond donors (Lipinski definition) is 0. The van der Waals surface area contributed by atoms with Crippen LogP contribution in [0.5, 0.6) is 0 Å². The van der Waals surface area contributed by atoms with Gasteiger partial charge in [0.05, 0.1) is 52.4 Å². The van der Waals surface area contributed by atoms with E-state index in [4.69, 9.17) is 28.3 Å². The van der Waals surface area contributed by atoms with Crippen LogP contribution in [0.4, 0.5) is 0 Å². The van der Waals surface area contributed by atoms with Crippen LogP contribution in [-0.2, 0) is 19.5 Å². The predicted octanol–water partition coefficient (Wildman–Crippen LogP) is 3.89. The van der Waals surface area contributed by atoms with Crippen LogP contribution in [0.3, 0.4) is 0 Å². The molecular weight excluding hydrogens is 527 g/mol. The molecule has 0 aliphatic carbocycles. The van der Waals surface area contributed by atoms with E-state index in [-0.39, 0.29) is 17.9 Å². The summed E-state index contributed by atoms with van der Waals surface area (Å²) in [5.74, 6) is 0.498. The van der Waals surface area contributed by atoms with E-state index >= 15 is 0 Å². The lowest BCUT2D eigenvalue weighted by atomic mass is 10.0. The van der Waals surface area contributed by atoms with Gasteiger partial charge in [-0.3, -0.25) is 19.3 Å². The van der Waals surface area contributed by atoms with E-state index in [1.165, 1.54) is 6.33 Å². The average molecular weight is 551 g/mol. The van der Waals surface area contributed by atoms with Crippen LogP contribution in [0, 0.1) is 6.92 Å². The summed E-state index contributed by atoms with van der Waals surface area (Å²) in [6, 6.07) is 8.44. The molecule has 194 valence electrons. The van der Waals surface area contributed by atoms with Gasteiger partial charge in [0.15, 0.2) is 0 Å². The van der Waals surface area contributed by atoms with Gasteiger partial charge < -0.3 is 9.80 Å². The summed E-state index contributed by atoms with van der Waals surface area (Å²) in [7, 11) is 0. The van der Waals surface area contributed by atoms with Crippen LogP contribution in [0.2, 0.25) is 10.0 Å². The third-order valence-corrected chi connectivity index (χ3v) is 7.94. The second-order valence-corrected chi connectivity index (χ2v) is 10.3. The topological polar surface area (TPSA) is 102 Å². The fraction of sp³-hybridized carbons (Fsp3) is 0.308. The Morgan fingerprint density at radius 1 is 1.05 bits per heavy atom. The van der Waals surface area contributed by atoms with Crippen molar-refractivity contribution in [3.8, 4) is 5.69 Å². The zero-order chi connectivity index (χ0) is 26.6. The maximum Gasteiger partial charge on any atom is 0.273 e. The Bertz CT molecular complexity index is 1560. The van der Waals surface area contributed by atoms with Gasteiger partial charge in [-0.1, -0.05) is 23.2 Å². The molecule has 2 aliphatic rings. The van der Waals surface area contributed by atoms with Gasteiger partial charge in [-0.15, -0.1) is 0 Å². The van der Waals surface area contributed by atoms with Crippen molar-refractivity contribution in [2.24, 2.45) is 0 Å². The Balaban J connectivity index is 1.23. The number of halogens is 2. The summed E-state index contributed by atoms with van der Waals surface area (Å²) in [4.78, 5) is 39.3. The first-order valence-electron chi connectivity index (χ1n) is 12.3. The monoisotopic (exact) mass is 550 g/mol. The molecule has 0 saturated heterocycles. The van der Waals surface area contributed by atoms with E-state index in [1.807, 2.05) is 30.9 Å². The Labute approximate surface area is 228 Å². The van der Waals surface area contributed by atoms with Gasteiger partial charge in [0.2, 0.25) is 0 Å². The molecule has 10 nitrogen and oxygen atoms in total. The maximum atomic E-state index is 13.8. The van der Waals surface area contributed by atoms with Crippen LogP contribution in [0.25, 0.3) is 5.69 Å². The Hall–Kier alpha value is -3.76. The molecule has 0 fully saturated rings. The number of aromatic nitrogens is 6. The SMILES string of the molecule is Cc1ncnn1-c1ccc(C(C)N2CCn3nc4c(c3C2=O)CN(C(=O)c2ccc(Cl)c(Cl)c2)CC4)nc1. The third kappa shape index (κ3) is 4.13. The predicted molar refractivity (Wildman–Crippen MR) is 140 cm³/mol. The molecule has 1 unspecified atom stereocenters. The minimum Gasteiger partial charge on any atom is -0.334 e. The van der Waals surface area contributed by atoms with Crippen LogP contribution < -0.4 is 0 Å². The summed E-state index contributed by atoms with van der Waals surface area (Å²) in [6.07, 6.45) is 3.82. The zero-order valence-corrected chi connectivity index (χ0v) is 22.3. The standard InChI is InChI=1S/C26H24Cl2N8O2/c1-15(22-6-4-18(12-29-22)36-16(2)30-14-31-36)34-9-10-35-24(26(34)38)19-13-33(8-7-23(19)32-35)25(37)17-3-5-20(27)21(28)11-17/h3-6,11-12,14-15H,7-10,13H2,1-2H3. The van der Waals surface area contributed by atoms with Gasteiger partial charge in [0.25, 0.3) is 11.8 Å². The summed E-state index contributed by atoms with van der Waals surface area (Å²) in [6.45, 7) is 5.76. The molecule has 0 saturated carbocycles. The molecule has 2 aliphatic heterocycles. The quantitative estimate of drug-likeness (QED) is 0.382. The van der Waals surface area contributed by atoms with E-state index in [0.29, 0.717) is 53.9 Å². The molecule has 6 rings (SSSR count). The van der Waals surface area contributed by atoms with E-state index in [9.17, 15) is 9.59 Å². The van der Waals surface area contributed by atoms with Crippen LogP contribution in [0.1, 0.15) is 56.6 Å². The summed E-state index contributed by atoms with van der Waals surface area (Å²) in [5.41, 5.74) is 4.25. The van der Waals surface area contributed by atoms with E-state index < -0.39 is 0 Å². The van der Waals surface area contributed by atoms with Crippen molar-refractivity contribution in [1.29, 1.82) is 0 Å². The average Bonchev–Trinajstić information content (AvgIpc) is 3.53. The molecule has 38 heavy (non-hydrogen) atoms. The van der Waals surface area contributed by atoms with E-state index in [1.54, 1.807) is 38.7 Å². The van der Waals surface area contributed by atoms with Gasteiger partial charge in [-0.05, 0) is 44.2 Å². The molecule has 0 spiro atoms. The molecular formula is C26H24Cl2N8O2. The number of hydrogen-bond acceptors (Lipinski definition) is 6. The highest BCUT2D eigenvalue weighted by molar-refractivity contribution is 6.42. The summed E-state index contributed by atoms with van der Waals surface area (Å²) < 4.78 is 3.50. The smallest absolute Gasteiger partial charge is 0.273 e. The van der Waals surface area contributed by atoms with Gasteiger partial charge >= 0.3 is 0 Å². The summed E-state index contributed by atoms with van der Waals surface area (Å²) >= 11 is 12.2. The molecule has 2 amide bonds. The minimum absolute atomic E-state index is 0.112. The number of carbonyl (C=O) groups excluding carboxylic acids is 2. The maximum absolute atomic E-state index is 13.8. The lowest BCUT2D eigenvalue weighted by Crippen LogP contribution is -2.43. The highest BCUT2D eigenvalue weighted by Gasteiger charge is 2.37. The van der Waals surface area contributed by atoms with Gasteiger partial charge in [-0.25, -0.2) is 9.67 Å². The first-order valence-corrected chi connectivity index (χ1v) is 13.0. The largest absolute Gasteiger partial charge is 0.334 e. The molecule has 0 N–H and O–H groups in total. The van der Waals surface area contributed by atoms with Crippen molar-refractivity contribution >= 4 is 35.0 Å². The van der Waals surface area contributed by atoms with Crippen molar-refractivity contribution in [3.05, 3.63) is 86.9 Å². The number of aryl methyl sites for hydroxylation is 1. The fourth-order valence-corrected chi connectivity index (χ4v) is 5.40. The Kier molecular flexibility index (Phi) is 6.16. The normalized spacial score (nSPS) is 15.8. The van der Waals surface area contributed by atoms with E-state index in [2.05, 4.69) is 15.1 Å². The van der Waals surface area contributed by atoms with Crippen LogP contribution in [0.15, 0.2) is 42.9 Å². The molecule has 1 atom stereocenters. The lowest BCUT2D eigenvalue weighted by Gasteiger charge is -2.33. The molecule has 12 heteroatoms. The first-order chi connectivity index (χ1) is 18.3. The zero-order valence-electron chi connectivity index (χ0n) is 20.8. The number of amides is 2. The van der Waals surface area contributed by atoms with Crippen molar-refractivity contribution in [3.63, 3.8) is 0 Å². The van der Waals surface area contributed by atoms with Crippen LogP contribution in [-0.4, -0.2) is 64.2 Å². The highest BCUT2D eigenvalue weighted by atomic mass is 35.5. The molecule has 1 aromatic carbocycles. The van der Waals surface area contributed by atoms with Crippen molar-refractivity contribution in [2.45, 2.75) is 39.4 Å². The molecule has 0 bridgehead atoms. The van der Waals surface area contributed by atoms with Crippen molar-refractivity contribution in [1.82, 2.24) is 39.3 Å². The Morgan fingerprint density at radius 2 is 1.89 bits per heavy atom. The minimum atomic E-state index is -0.245.